The molecular formula is C24H21ClN2O4. The van der Waals surface area contributed by atoms with Crippen LogP contribution in [-0.4, -0.2) is 15.3 Å². The van der Waals surface area contributed by atoms with E-state index in [-0.39, 0.29) is 28.9 Å². The number of carbonyl (C=O) groups excluding carboxylic acids is 1. The van der Waals surface area contributed by atoms with Crippen molar-refractivity contribution in [1.82, 2.24) is 4.57 Å². The fraction of sp³-hybridized carbons (Fsp3) is 0.250. The summed E-state index contributed by atoms with van der Waals surface area (Å²) in [5.41, 5.74) is 2.39. The van der Waals surface area contributed by atoms with Crippen molar-refractivity contribution in [3.05, 3.63) is 102 Å². The highest BCUT2D eigenvalue weighted by Crippen LogP contribution is 2.35. The Labute approximate surface area is 184 Å². The van der Waals surface area contributed by atoms with Crippen LogP contribution in [0.4, 0.5) is 5.69 Å². The van der Waals surface area contributed by atoms with Crippen LogP contribution in [-0.2, 0) is 12.8 Å². The number of aromatic nitrogens is 1. The number of rotatable bonds is 4. The van der Waals surface area contributed by atoms with Crippen molar-refractivity contribution in [2.24, 2.45) is 5.41 Å². The summed E-state index contributed by atoms with van der Waals surface area (Å²) in [5.74, 6) is -0.00532. The van der Waals surface area contributed by atoms with Crippen LogP contribution in [0, 0.1) is 15.5 Å². The number of carbonyl (C=O) groups is 1. The molecule has 31 heavy (non-hydrogen) atoms. The fourth-order valence-electron chi connectivity index (χ4n) is 4.16. The van der Waals surface area contributed by atoms with Gasteiger partial charge in [-0.15, -0.1) is 0 Å². The van der Waals surface area contributed by atoms with E-state index in [1.165, 1.54) is 12.1 Å². The minimum Gasteiger partial charge on any atom is -0.294 e. The molecule has 0 N–H and O–H groups in total. The van der Waals surface area contributed by atoms with Gasteiger partial charge in [-0.25, -0.2) is 0 Å². The van der Waals surface area contributed by atoms with Gasteiger partial charge < -0.3 is 0 Å². The highest BCUT2D eigenvalue weighted by Gasteiger charge is 2.34. The Morgan fingerprint density at radius 1 is 1.06 bits per heavy atom. The summed E-state index contributed by atoms with van der Waals surface area (Å²) in [4.78, 5) is 37.2. The molecule has 0 fully saturated rings. The maximum absolute atomic E-state index is 13.6. The van der Waals surface area contributed by atoms with Crippen LogP contribution in [0.1, 0.15) is 47.4 Å². The molecule has 0 amide bonds. The molecule has 1 heterocycles. The van der Waals surface area contributed by atoms with Gasteiger partial charge in [0, 0.05) is 52.5 Å². The van der Waals surface area contributed by atoms with Gasteiger partial charge in [0.2, 0.25) is 0 Å². The summed E-state index contributed by atoms with van der Waals surface area (Å²) in [5, 5.41) is 11.7. The number of Topliss-reactive ketones (excluding diaryl/α,β-unsaturated/α-hetero) is 1. The third-order valence-electron chi connectivity index (χ3n) is 5.56. The number of nitro benzene ring substituents is 1. The number of hydrogen-bond acceptors (Lipinski definition) is 4. The Morgan fingerprint density at radius 2 is 1.77 bits per heavy atom. The van der Waals surface area contributed by atoms with E-state index in [2.05, 4.69) is 0 Å². The lowest BCUT2D eigenvalue weighted by Crippen LogP contribution is -2.35. The van der Waals surface area contributed by atoms with Gasteiger partial charge in [-0.1, -0.05) is 37.6 Å². The second kappa shape index (κ2) is 7.78. The van der Waals surface area contributed by atoms with Gasteiger partial charge >= 0.3 is 0 Å². The van der Waals surface area contributed by atoms with Crippen molar-refractivity contribution in [1.29, 1.82) is 0 Å². The van der Waals surface area contributed by atoms with Crippen LogP contribution in [0.15, 0.2) is 59.4 Å². The number of pyridine rings is 1. The van der Waals surface area contributed by atoms with E-state index in [4.69, 9.17) is 11.6 Å². The minimum absolute atomic E-state index is 0.00532. The SMILES string of the molecule is CC1(C)CC(=O)c2cc(Cc3cccc([N+](=O)[O-])c3)c(=O)n(-c3ccc(Cl)cc3)c2C1. The first-order chi connectivity index (χ1) is 14.6. The summed E-state index contributed by atoms with van der Waals surface area (Å²) >= 11 is 6.03. The lowest BCUT2D eigenvalue weighted by atomic mass is 9.75. The Balaban J connectivity index is 1.91. The number of halogens is 1. The number of ketones is 1. The van der Waals surface area contributed by atoms with E-state index in [9.17, 15) is 19.7 Å². The number of hydrogen-bond donors (Lipinski definition) is 0. The van der Waals surface area contributed by atoms with Crippen molar-refractivity contribution in [2.45, 2.75) is 33.1 Å². The summed E-state index contributed by atoms with van der Waals surface area (Å²) in [6.07, 6.45) is 1.18. The molecule has 0 atom stereocenters. The third-order valence-corrected chi connectivity index (χ3v) is 5.82. The molecule has 1 aromatic heterocycles. The van der Waals surface area contributed by atoms with Crippen LogP contribution in [0.25, 0.3) is 5.69 Å². The molecule has 2 aromatic carbocycles. The monoisotopic (exact) mass is 436 g/mol. The standard InChI is InChI=1S/C24H21ClN2O4/c1-24(2)13-21-20(22(28)14-24)12-16(10-15-4-3-5-19(11-15)27(30)31)23(29)26(21)18-8-6-17(25)7-9-18/h3-9,11-12H,10,13-14H2,1-2H3. The first-order valence-corrected chi connectivity index (χ1v) is 10.3. The predicted molar refractivity (Wildman–Crippen MR) is 119 cm³/mol. The Kier molecular flexibility index (Phi) is 5.27. The summed E-state index contributed by atoms with van der Waals surface area (Å²) in [6.45, 7) is 4.03. The van der Waals surface area contributed by atoms with E-state index in [1.54, 1.807) is 47.0 Å². The normalized spacial score (nSPS) is 14.9. The zero-order chi connectivity index (χ0) is 22.3. The molecule has 0 bridgehead atoms. The Bertz CT molecular complexity index is 1260. The maximum Gasteiger partial charge on any atom is 0.269 e. The highest BCUT2D eigenvalue weighted by molar-refractivity contribution is 6.30. The first kappa shape index (κ1) is 21.0. The average Bonchev–Trinajstić information content (AvgIpc) is 2.70. The summed E-state index contributed by atoms with van der Waals surface area (Å²) < 4.78 is 1.59. The quantitative estimate of drug-likeness (QED) is 0.418. The minimum atomic E-state index is -0.464. The van der Waals surface area contributed by atoms with Crippen molar-refractivity contribution in [3.8, 4) is 5.69 Å². The van der Waals surface area contributed by atoms with Crippen LogP contribution < -0.4 is 5.56 Å². The molecule has 0 saturated carbocycles. The van der Waals surface area contributed by atoms with Crippen LogP contribution in [0.2, 0.25) is 5.02 Å². The number of benzene rings is 2. The largest absolute Gasteiger partial charge is 0.294 e. The number of nitro groups is 1. The van der Waals surface area contributed by atoms with E-state index < -0.39 is 4.92 Å². The van der Waals surface area contributed by atoms with Crippen LogP contribution in [0.3, 0.4) is 0 Å². The van der Waals surface area contributed by atoms with Gasteiger partial charge in [-0.3, -0.25) is 24.3 Å². The third kappa shape index (κ3) is 4.16. The number of nitrogens with zero attached hydrogens (tertiary/aromatic N) is 2. The van der Waals surface area contributed by atoms with Gasteiger partial charge in [0.25, 0.3) is 11.2 Å². The first-order valence-electron chi connectivity index (χ1n) is 9.95. The highest BCUT2D eigenvalue weighted by atomic mass is 35.5. The molecule has 0 saturated heterocycles. The van der Waals surface area contributed by atoms with Crippen molar-refractivity contribution < 1.29 is 9.72 Å². The van der Waals surface area contributed by atoms with Crippen molar-refractivity contribution in [2.75, 3.05) is 0 Å². The average molecular weight is 437 g/mol. The molecule has 0 unspecified atom stereocenters. The van der Waals surface area contributed by atoms with Crippen LogP contribution >= 0.6 is 11.6 Å². The topological polar surface area (TPSA) is 82.2 Å². The molecule has 6 nitrogen and oxygen atoms in total. The molecule has 3 aromatic rings. The smallest absolute Gasteiger partial charge is 0.269 e. The molecule has 0 aliphatic heterocycles. The van der Waals surface area contributed by atoms with Crippen molar-refractivity contribution in [3.63, 3.8) is 0 Å². The predicted octanol–water partition coefficient (Wildman–Crippen LogP) is 5.15. The van der Waals surface area contributed by atoms with Gasteiger partial charge in [-0.05, 0) is 47.7 Å². The molecule has 0 spiro atoms. The van der Waals surface area contributed by atoms with Crippen molar-refractivity contribution >= 4 is 23.1 Å². The molecule has 158 valence electrons. The number of non-ortho nitro benzene ring substituents is 1. The Hall–Kier alpha value is -3.25. The lowest BCUT2D eigenvalue weighted by Gasteiger charge is -2.32. The number of fused-ring (bicyclic) bond motifs is 1. The molecule has 4 rings (SSSR count). The zero-order valence-electron chi connectivity index (χ0n) is 17.2. The fourth-order valence-corrected chi connectivity index (χ4v) is 4.28. The lowest BCUT2D eigenvalue weighted by molar-refractivity contribution is -0.384. The molecule has 7 heteroatoms. The molecule has 1 aliphatic rings. The van der Waals surface area contributed by atoms with Gasteiger partial charge in [-0.2, -0.15) is 0 Å². The second-order valence-corrected chi connectivity index (χ2v) is 9.13. The van der Waals surface area contributed by atoms with E-state index in [0.29, 0.717) is 45.9 Å². The van der Waals surface area contributed by atoms with Crippen LogP contribution in [0.5, 0.6) is 0 Å². The zero-order valence-corrected chi connectivity index (χ0v) is 18.0. The summed E-state index contributed by atoms with van der Waals surface area (Å²) in [7, 11) is 0. The second-order valence-electron chi connectivity index (χ2n) is 8.69. The maximum atomic E-state index is 13.6. The molecular weight excluding hydrogens is 416 g/mol. The molecule has 0 radical (unpaired) electrons. The van der Waals surface area contributed by atoms with E-state index >= 15 is 0 Å². The van der Waals surface area contributed by atoms with Gasteiger partial charge in [0.1, 0.15) is 0 Å². The summed E-state index contributed by atoms with van der Waals surface area (Å²) in [6, 6.07) is 14.8. The molecule has 1 aliphatic carbocycles. The van der Waals surface area contributed by atoms with Gasteiger partial charge in [0.05, 0.1) is 4.92 Å². The van der Waals surface area contributed by atoms with E-state index in [1.807, 2.05) is 13.8 Å². The Morgan fingerprint density at radius 3 is 2.45 bits per heavy atom. The van der Waals surface area contributed by atoms with E-state index in [0.717, 1.165) is 0 Å². The van der Waals surface area contributed by atoms with Gasteiger partial charge in [0.15, 0.2) is 5.78 Å².